The van der Waals surface area contributed by atoms with Gasteiger partial charge < -0.3 is 14.6 Å². The summed E-state index contributed by atoms with van der Waals surface area (Å²) in [5.41, 5.74) is 0. The van der Waals surface area contributed by atoms with E-state index in [0.29, 0.717) is 12.8 Å². The van der Waals surface area contributed by atoms with Crippen molar-refractivity contribution in [3.63, 3.8) is 0 Å². The maximum atomic E-state index is 12.3. The summed E-state index contributed by atoms with van der Waals surface area (Å²) in [7, 11) is 0. The van der Waals surface area contributed by atoms with Gasteiger partial charge in [0.1, 0.15) is 6.61 Å². The molecule has 0 amide bonds. The lowest BCUT2D eigenvalue weighted by molar-refractivity contribution is -0.161. The van der Waals surface area contributed by atoms with Crippen LogP contribution in [0.1, 0.15) is 219 Å². The Morgan fingerprint density at radius 2 is 0.581 bits per heavy atom. The highest BCUT2D eigenvalue weighted by Crippen LogP contribution is 2.12. The molecule has 1 unspecified atom stereocenters. The minimum absolute atomic E-state index is 0.0950. The Bertz CT molecular complexity index is 1720. The van der Waals surface area contributed by atoms with Gasteiger partial charge in [-0.1, -0.05) is 247 Å². The van der Waals surface area contributed by atoms with Crippen molar-refractivity contribution >= 4 is 11.9 Å². The van der Waals surface area contributed by atoms with Crippen molar-refractivity contribution in [3.05, 3.63) is 182 Å². The van der Waals surface area contributed by atoms with E-state index in [9.17, 15) is 14.7 Å². The average Bonchev–Trinajstić information content (AvgIpc) is 3.40. The summed E-state index contributed by atoms with van der Waals surface area (Å²) < 4.78 is 10.7. The van der Waals surface area contributed by atoms with Crippen molar-refractivity contribution in [3.8, 4) is 0 Å². The highest BCUT2D eigenvalue weighted by atomic mass is 16.6. The summed E-state index contributed by atoms with van der Waals surface area (Å²) in [6.07, 6.45) is 98.6. The summed E-state index contributed by atoms with van der Waals surface area (Å²) >= 11 is 0. The maximum Gasteiger partial charge on any atom is 0.306 e. The average molecular weight is 1020 g/mol. The molecule has 0 rings (SSSR count). The van der Waals surface area contributed by atoms with E-state index in [1.807, 2.05) is 0 Å². The number of hydrogen-bond donors (Lipinski definition) is 1. The van der Waals surface area contributed by atoms with Gasteiger partial charge in [0.25, 0.3) is 0 Å². The Kier molecular flexibility index (Phi) is 58.1. The van der Waals surface area contributed by atoms with E-state index in [-0.39, 0.29) is 25.2 Å². The molecular weight excluding hydrogens is 909 g/mol. The molecular formula is C69H106O5. The van der Waals surface area contributed by atoms with Gasteiger partial charge in [0.15, 0.2) is 6.10 Å². The van der Waals surface area contributed by atoms with E-state index in [1.54, 1.807) is 0 Å². The minimum Gasteiger partial charge on any atom is -0.462 e. The second-order valence-corrected chi connectivity index (χ2v) is 18.6. The molecule has 5 heteroatoms. The van der Waals surface area contributed by atoms with Crippen LogP contribution in [0.2, 0.25) is 0 Å². The van der Waals surface area contributed by atoms with E-state index in [0.717, 1.165) is 148 Å². The van der Waals surface area contributed by atoms with Crippen LogP contribution in [-0.2, 0) is 19.1 Å². The SMILES string of the molecule is CC/C=C\C/C=C\C/C=C\C/C=C\C/C=C\C/C=C\C/C=C\C/C=C\C/C=C\C/C=C\C/C=C\C/C=C\CCCCCCC(=O)OC(CO)COC(=O)CCCCCCCC/C=C\C/C=C\C/C=C\CCCCC. The van der Waals surface area contributed by atoms with Crippen LogP contribution in [0.4, 0.5) is 0 Å². The van der Waals surface area contributed by atoms with Crippen LogP contribution in [0.5, 0.6) is 0 Å². The molecule has 0 fully saturated rings. The standard InChI is InChI=1S/C69H106O5/c1-3-5-7-9-11-13-15-17-19-21-23-24-25-26-27-28-29-30-31-32-33-34-35-36-37-38-39-40-41-42-43-44-46-48-50-52-54-56-58-60-62-64-69(72)74-67(65-70)66-73-68(71)63-61-59-57-55-53-51-49-47-45-22-20-18-16-14-12-10-8-6-4-2/h5,7,11-14,17-20,23-24,26-27,29-30,32-33,35-36,38-39,41-42,44-47,50,52,67,70H,3-4,6,8-10,15-16,21-22,25,28,31,34,37,40,43,48-49,51,53-66H2,1-2H3/b7-5-,13-11-,14-12-,19-17-,20-18-,24-23-,27-26-,30-29-,33-32-,36-35-,39-38-,42-41-,46-44-,47-45-,52-50-. The molecule has 0 bridgehead atoms. The van der Waals surface area contributed by atoms with Gasteiger partial charge in [0.05, 0.1) is 6.61 Å². The van der Waals surface area contributed by atoms with Crippen LogP contribution in [0.3, 0.4) is 0 Å². The largest absolute Gasteiger partial charge is 0.462 e. The van der Waals surface area contributed by atoms with Crippen molar-refractivity contribution < 1.29 is 24.2 Å². The van der Waals surface area contributed by atoms with Gasteiger partial charge in [-0.15, -0.1) is 0 Å². The van der Waals surface area contributed by atoms with Crippen molar-refractivity contribution in [2.24, 2.45) is 0 Å². The normalized spacial score (nSPS) is 13.6. The number of esters is 2. The molecule has 0 aliphatic rings. The lowest BCUT2D eigenvalue weighted by atomic mass is 10.1. The van der Waals surface area contributed by atoms with Gasteiger partial charge in [0.2, 0.25) is 0 Å². The van der Waals surface area contributed by atoms with Gasteiger partial charge in [0, 0.05) is 12.8 Å². The number of hydrogen-bond acceptors (Lipinski definition) is 5. The predicted octanol–water partition coefficient (Wildman–Crippen LogP) is 20.3. The first kappa shape index (κ1) is 69.0. The number of aliphatic hydroxyl groups excluding tert-OH is 1. The molecule has 0 heterocycles. The molecule has 5 nitrogen and oxygen atoms in total. The lowest BCUT2D eigenvalue weighted by Gasteiger charge is -2.15. The van der Waals surface area contributed by atoms with Crippen LogP contribution < -0.4 is 0 Å². The number of carbonyl (C=O) groups excluding carboxylic acids is 2. The van der Waals surface area contributed by atoms with Crippen molar-refractivity contribution in [2.45, 2.75) is 225 Å². The zero-order chi connectivity index (χ0) is 53.4. The quantitative estimate of drug-likeness (QED) is 0.0373. The summed E-state index contributed by atoms with van der Waals surface area (Å²) in [5.74, 6) is -0.649. The highest BCUT2D eigenvalue weighted by Gasteiger charge is 2.16. The molecule has 0 aromatic rings. The molecule has 1 N–H and O–H groups in total. The third-order valence-corrected chi connectivity index (χ3v) is 11.7. The van der Waals surface area contributed by atoms with E-state index < -0.39 is 6.10 Å². The van der Waals surface area contributed by atoms with Gasteiger partial charge in [-0.2, -0.15) is 0 Å². The van der Waals surface area contributed by atoms with Crippen LogP contribution >= 0.6 is 0 Å². The van der Waals surface area contributed by atoms with Crippen molar-refractivity contribution in [1.82, 2.24) is 0 Å². The molecule has 412 valence electrons. The monoisotopic (exact) mass is 1010 g/mol. The molecule has 0 aromatic carbocycles. The van der Waals surface area contributed by atoms with Crippen LogP contribution in [0.15, 0.2) is 182 Å². The highest BCUT2D eigenvalue weighted by molar-refractivity contribution is 5.70. The first-order valence-corrected chi connectivity index (χ1v) is 29.3. The second-order valence-electron chi connectivity index (χ2n) is 18.6. The maximum absolute atomic E-state index is 12.3. The minimum atomic E-state index is -0.806. The van der Waals surface area contributed by atoms with Gasteiger partial charge >= 0.3 is 11.9 Å². The second kappa shape index (κ2) is 62.3. The zero-order valence-electron chi connectivity index (χ0n) is 47.0. The first-order chi connectivity index (χ1) is 36.6. The number of aliphatic hydroxyl groups is 1. The van der Waals surface area contributed by atoms with Crippen LogP contribution in [0.25, 0.3) is 0 Å². The fourth-order valence-electron chi connectivity index (χ4n) is 7.31. The number of allylic oxidation sites excluding steroid dienone is 30. The molecule has 0 aliphatic heterocycles. The Hall–Kier alpha value is -5.00. The number of ether oxygens (including phenoxy) is 2. The third-order valence-electron chi connectivity index (χ3n) is 11.7. The first-order valence-electron chi connectivity index (χ1n) is 29.3. The van der Waals surface area contributed by atoms with Gasteiger partial charge in [-0.25, -0.2) is 0 Å². The summed E-state index contributed by atoms with van der Waals surface area (Å²) in [6.45, 7) is 3.95. The van der Waals surface area contributed by atoms with Crippen LogP contribution in [-0.4, -0.2) is 36.4 Å². The molecule has 0 radical (unpaired) electrons. The Labute approximate surface area is 455 Å². The fourth-order valence-corrected chi connectivity index (χ4v) is 7.31. The molecule has 0 aromatic heterocycles. The van der Waals surface area contributed by atoms with E-state index >= 15 is 0 Å². The summed E-state index contributed by atoms with van der Waals surface area (Å²) in [5, 5.41) is 9.64. The van der Waals surface area contributed by atoms with E-state index in [4.69, 9.17) is 9.47 Å². The molecule has 1 atom stereocenters. The van der Waals surface area contributed by atoms with Gasteiger partial charge in [-0.05, 0) is 141 Å². The molecule has 0 aliphatic carbocycles. The van der Waals surface area contributed by atoms with Crippen molar-refractivity contribution in [1.29, 1.82) is 0 Å². The Morgan fingerprint density at radius 3 is 0.878 bits per heavy atom. The molecule has 74 heavy (non-hydrogen) atoms. The Morgan fingerprint density at radius 1 is 0.324 bits per heavy atom. The Balaban J connectivity index is 3.70. The zero-order valence-corrected chi connectivity index (χ0v) is 47.0. The number of carbonyl (C=O) groups is 2. The fraction of sp³-hybridized carbons (Fsp3) is 0.536. The molecule has 0 saturated carbocycles. The number of unbranched alkanes of at least 4 members (excludes halogenated alkanes) is 13. The van der Waals surface area contributed by atoms with Crippen molar-refractivity contribution in [2.75, 3.05) is 13.2 Å². The summed E-state index contributed by atoms with van der Waals surface area (Å²) in [6, 6.07) is 0. The van der Waals surface area contributed by atoms with Crippen LogP contribution in [0, 0.1) is 0 Å². The lowest BCUT2D eigenvalue weighted by Crippen LogP contribution is -2.28. The smallest absolute Gasteiger partial charge is 0.306 e. The third kappa shape index (κ3) is 59.6. The predicted molar refractivity (Wildman–Crippen MR) is 324 cm³/mol. The molecule has 0 spiro atoms. The number of rotatable bonds is 51. The topological polar surface area (TPSA) is 72.8 Å². The summed E-state index contributed by atoms with van der Waals surface area (Å²) in [4.78, 5) is 24.5. The van der Waals surface area contributed by atoms with E-state index in [2.05, 4.69) is 196 Å². The van der Waals surface area contributed by atoms with Gasteiger partial charge in [-0.3, -0.25) is 9.59 Å². The van der Waals surface area contributed by atoms with E-state index in [1.165, 1.54) is 44.9 Å². The molecule has 0 saturated heterocycles.